The molecule has 0 atom stereocenters. The van der Waals surface area contributed by atoms with Gasteiger partial charge in [-0.3, -0.25) is 4.98 Å². The number of hydrogen-bond donors (Lipinski definition) is 0. The molecule has 5 heterocycles. The van der Waals surface area contributed by atoms with Gasteiger partial charge in [-0.1, -0.05) is 122 Å². The van der Waals surface area contributed by atoms with Gasteiger partial charge in [-0.15, -0.1) is 34.8 Å². The maximum absolute atomic E-state index is 6.63. The summed E-state index contributed by atoms with van der Waals surface area (Å²) in [6, 6.07) is 67.1. The van der Waals surface area contributed by atoms with Gasteiger partial charge in [-0.05, 0) is 52.2 Å². The maximum Gasteiger partial charge on any atom is 2.00 e. The quantitative estimate of drug-likeness (QED) is 0.0750. The smallest absolute Gasteiger partial charge is 0.457 e. The molecule has 60 heavy (non-hydrogen) atoms. The number of rotatable bonds is 5. The van der Waals surface area contributed by atoms with Gasteiger partial charge >= 0.3 is 20.4 Å². The summed E-state index contributed by atoms with van der Waals surface area (Å²) in [6.07, 6.45) is 5.83. The van der Waals surface area contributed by atoms with Crippen molar-refractivity contribution in [2.75, 3.05) is 0 Å². The largest absolute Gasteiger partial charge is 2.00 e. The molecule has 0 amide bonds. The zero-order chi connectivity index (χ0) is 39.3. The average Bonchev–Trinajstić information content (AvgIpc) is 3.91. The van der Waals surface area contributed by atoms with E-state index >= 15 is 0 Å². The second kappa shape index (κ2) is 13.7. The van der Waals surface area contributed by atoms with Gasteiger partial charge in [0.1, 0.15) is 25.2 Å². The Kier molecular flexibility index (Phi) is 8.34. The molecular weight excluding hydrogens is 843 g/mol. The van der Waals surface area contributed by atoms with Crippen LogP contribution in [-0.2, 0) is 25.8 Å². The molecule has 0 saturated heterocycles. The predicted octanol–water partition coefficient (Wildman–Crippen LogP) is 9.54. The van der Waals surface area contributed by atoms with E-state index in [4.69, 9.17) is 14.7 Å². The normalized spacial score (nSPS) is 13.3. The maximum atomic E-state index is 6.63. The third-order valence-corrected chi connectivity index (χ3v) is 17.2. The molecule has 7 aromatic carbocycles. The van der Waals surface area contributed by atoms with Gasteiger partial charge in [0.25, 0.3) is 0 Å². The summed E-state index contributed by atoms with van der Waals surface area (Å²) in [7, 11) is -3.12. The van der Waals surface area contributed by atoms with Crippen LogP contribution in [0, 0.1) is 12.1 Å². The number of imidazole rings is 1. The molecule has 1 aliphatic rings. The van der Waals surface area contributed by atoms with Crippen molar-refractivity contribution >= 4 is 78.1 Å². The Bertz CT molecular complexity index is 3430. The van der Waals surface area contributed by atoms with E-state index in [1.165, 1.54) is 21.3 Å². The third kappa shape index (κ3) is 5.13. The van der Waals surface area contributed by atoms with Crippen LogP contribution in [0.3, 0.4) is 0 Å². The zero-order valence-electron chi connectivity index (χ0n) is 32.8. The molecule has 0 radical (unpaired) electrons. The van der Waals surface area contributed by atoms with Gasteiger partial charge in [-0.2, -0.15) is 23.4 Å². The molecule has 5 nitrogen and oxygen atoms in total. The fraction of sp³-hybridized carbons (Fsp3) is 0.0566. The Labute approximate surface area is 362 Å². The molecular formula is C53H36N4OPdSi. The Morgan fingerprint density at radius 1 is 0.533 bits per heavy atom. The third-order valence-electron chi connectivity index (χ3n) is 12.6. The molecule has 1 aliphatic heterocycles. The van der Waals surface area contributed by atoms with Crippen LogP contribution in [0.25, 0.3) is 54.9 Å². The van der Waals surface area contributed by atoms with Crippen molar-refractivity contribution in [1.82, 2.24) is 18.9 Å². The van der Waals surface area contributed by atoms with E-state index in [0.29, 0.717) is 0 Å². The van der Waals surface area contributed by atoms with Crippen molar-refractivity contribution in [3.63, 3.8) is 0 Å². The van der Waals surface area contributed by atoms with E-state index in [2.05, 4.69) is 193 Å². The Balaban J connectivity index is 0.00000408. The van der Waals surface area contributed by atoms with Crippen LogP contribution in [0.2, 0.25) is 0 Å². The topological polar surface area (TPSA) is 44.4 Å². The van der Waals surface area contributed by atoms with Crippen LogP contribution in [-0.4, -0.2) is 27.0 Å². The Hall–Kier alpha value is -6.62. The summed E-state index contributed by atoms with van der Waals surface area (Å²) in [4.78, 5) is 9.96. The Morgan fingerprint density at radius 3 is 2.05 bits per heavy atom. The molecule has 0 N–H and O–H groups in total. The van der Waals surface area contributed by atoms with Gasteiger partial charge in [-0.25, -0.2) is 4.98 Å². The summed E-state index contributed by atoms with van der Waals surface area (Å²) in [6.45, 7) is 4.58. The number of para-hydroxylation sites is 2. The number of aromatic nitrogens is 4. The second-order valence-electron chi connectivity index (χ2n) is 16.0. The number of hydrogen-bond acceptors (Lipinski definition) is 3. The first-order valence-corrected chi connectivity index (χ1v) is 22.1. The summed E-state index contributed by atoms with van der Waals surface area (Å²) >= 11 is 0. The number of pyridine rings is 2. The van der Waals surface area contributed by atoms with Crippen LogP contribution >= 0.6 is 0 Å². The van der Waals surface area contributed by atoms with E-state index in [-0.39, 0.29) is 25.8 Å². The van der Waals surface area contributed by atoms with Gasteiger partial charge in [0.2, 0.25) is 0 Å². The van der Waals surface area contributed by atoms with Crippen molar-refractivity contribution in [1.29, 1.82) is 0 Å². The minimum absolute atomic E-state index is 0. The number of ether oxygens (including phenoxy) is 1. The first-order valence-electron chi connectivity index (χ1n) is 20.1. The first kappa shape index (κ1) is 36.5. The minimum atomic E-state index is -3.12. The van der Waals surface area contributed by atoms with Gasteiger partial charge in [0.05, 0.1) is 11.2 Å². The summed E-state index contributed by atoms with van der Waals surface area (Å²) in [5.74, 6) is 1.79. The van der Waals surface area contributed by atoms with Crippen LogP contribution < -0.4 is 25.5 Å². The standard InChI is InChI=1S/C53H36N4OSi.Pd/c1-53(2)45-23-10-12-25-49(45)58-50-33-43-42-22-14-28-54-52(42)57(48(43)34-46(50)53)35-15-13-20-38(31-35)59(36-16-5-3-6-17-36,37-18-7-4-8-19-37)39-26-27-40-41-21-9-11-24-47(41)56-30-29-55-51(56)44(40)32-39;/h3-30,33-34H,1-2H3;/q-2;+2. The van der Waals surface area contributed by atoms with E-state index in [0.717, 1.165) is 77.0 Å². The fourth-order valence-corrected chi connectivity index (χ4v) is 14.4. The summed E-state index contributed by atoms with van der Waals surface area (Å²) in [5.41, 5.74) is 6.95. The first-order chi connectivity index (χ1) is 29.0. The number of fused-ring (bicyclic) bond motifs is 11. The molecule has 12 rings (SSSR count). The summed E-state index contributed by atoms with van der Waals surface area (Å²) < 4.78 is 11.1. The molecule has 0 saturated carbocycles. The van der Waals surface area contributed by atoms with Crippen molar-refractivity contribution in [2.45, 2.75) is 19.3 Å². The van der Waals surface area contributed by atoms with E-state index in [1.54, 1.807) is 0 Å². The molecule has 0 aliphatic carbocycles. The average molecular weight is 879 g/mol. The van der Waals surface area contributed by atoms with E-state index in [9.17, 15) is 0 Å². The van der Waals surface area contributed by atoms with Crippen molar-refractivity contribution in [3.8, 4) is 17.2 Å². The van der Waals surface area contributed by atoms with Crippen molar-refractivity contribution < 1.29 is 25.2 Å². The van der Waals surface area contributed by atoms with E-state index in [1.807, 2.05) is 24.5 Å². The number of benzene rings is 7. The predicted molar refractivity (Wildman–Crippen MR) is 242 cm³/mol. The SMILES string of the molecule is CC1(C)c2ccccc2Oc2cc3c4cccnc4n(-c4[c-]c([Si](c5[c-]c6c(cc5)c5ccccc5n5ccnc65)(c5ccccc5)c5ccccc5)ccc4)c3cc21.[Pd+2]. The summed E-state index contributed by atoms with van der Waals surface area (Å²) in [5, 5.41) is 10.3. The second-order valence-corrected chi connectivity index (χ2v) is 19.8. The molecule has 0 bridgehead atoms. The van der Waals surface area contributed by atoms with Crippen LogP contribution in [0.4, 0.5) is 0 Å². The Morgan fingerprint density at radius 2 is 1.23 bits per heavy atom. The zero-order valence-corrected chi connectivity index (χ0v) is 35.4. The van der Waals surface area contributed by atoms with Crippen LogP contribution in [0.1, 0.15) is 25.0 Å². The van der Waals surface area contributed by atoms with Gasteiger partial charge < -0.3 is 13.7 Å². The molecule has 288 valence electrons. The van der Waals surface area contributed by atoms with E-state index < -0.39 is 8.07 Å². The van der Waals surface area contributed by atoms with Crippen molar-refractivity contribution in [3.05, 3.63) is 206 Å². The molecule has 0 unspecified atom stereocenters. The molecule has 11 aromatic rings. The van der Waals surface area contributed by atoms with Crippen LogP contribution in [0.5, 0.6) is 11.5 Å². The molecule has 0 spiro atoms. The van der Waals surface area contributed by atoms with Gasteiger partial charge in [0, 0.05) is 51.4 Å². The monoisotopic (exact) mass is 878 g/mol. The molecule has 0 fully saturated rings. The van der Waals surface area contributed by atoms with Crippen LogP contribution in [0.15, 0.2) is 182 Å². The molecule has 4 aromatic heterocycles. The van der Waals surface area contributed by atoms with Gasteiger partial charge in [0.15, 0.2) is 0 Å². The van der Waals surface area contributed by atoms with Crippen molar-refractivity contribution in [2.24, 2.45) is 0 Å². The number of nitrogens with zero attached hydrogens (tertiary/aromatic N) is 4. The minimum Gasteiger partial charge on any atom is -0.457 e. The molecule has 7 heteroatoms. The fourth-order valence-electron chi connectivity index (χ4n) is 9.84.